The summed E-state index contributed by atoms with van der Waals surface area (Å²) in [5, 5.41) is -0.0637. The summed E-state index contributed by atoms with van der Waals surface area (Å²) in [4.78, 5) is 25.3. The molecule has 0 aliphatic carbocycles. The molecule has 2 saturated heterocycles. The SMILES string of the molecule is CO[C@H]1[C@H](OC(C)=O)[C@H](O[C@@H]2[C@@H](OC)[C@H](Sc3ccccc3)OC[C@H]2OC(C)=O)O[C@@H](C)[C@H]1O[Si](C)(C)C(C)(C)C. The molecule has 232 valence electrons. The van der Waals surface area contributed by atoms with Gasteiger partial charge < -0.3 is 37.6 Å². The van der Waals surface area contributed by atoms with E-state index < -0.39 is 74.7 Å². The summed E-state index contributed by atoms with van der Waals surface area (Å²) >= 11 is 1.48. The first-order chi connectivity index (χ1) is 19.2. The molecule has 0 radical (unpaired) electrons. The standard InChI is InChI=1S/C29H46O10SSi/c1-17-22(39-41(9,10)29(4,5)6)24(32-7)25(37-19(3)31)27(35-17)38-23-21(36-18(2)30)16-34-28(26(23)33-8)40-20-14-12-11-13-15-20/h11-15,17,21-28H,16H2,1-10H3/t17-,21+,22+,23-,24+,25-,26+,27-,28-/m0/s1. The highest BCUT2D eigenvalue weighted by molar-refractivity contribution is 7.99. The van der Waals surface area contributed by atoms with Gasteiger partial charge in [-0.15, -0.1) is 0 Å². The lowest BCUT2D eigenvalue weighted by molar-refractivity contribution is -0.330. The molecule has 2 aliphatic heterocycles. The average molecular weight is 615 g/mol. The molecule has 1 aromatic carbocycles. The number of hydrogen-bond donors (Lipinski definition) is 0. The van der Waals surface area contributed by atoms with Crippen LogP contribution in [0.15, 0.2) is 35.2 Å². The number of rotatable bonds is 10. The van der Waals surface area contributed by atoms with E-state index >= 15 is 0 Å². The first kappa shape index (κ1) is 34.0. The summed E-state index contributed by atoms with van der Waals surface area (Å²) in [6.45, 7) is 15.4. The minimum atomic E-state index is -2.26. The van der Waals surface area contributed by atoms with Crippen molar-refractivity contribution in [1.29, 1.82) is 0 Å². The molecule has 3 rings (SSSR count). The summed E-state index contributed by atoms with van der Waals surface area (Å²) in [6.07, 6.45) is -5.91. The minimum absolute atomic E-state index is 0.0637. The summed E-state index contributed by atoms with van der Waals surface area (Å²) in [5.74, 6) is -0.998. The summed E-state index contributed by atoms with van der Waals surface area (Å²) in [6, 6.07) is 9.77. The molecule has 0 spiro atoms. The molecule has 2 heterocycles. The monoisotopic (exact) mass is 614 g/mol. The fraction of sp³-hybridized carbons (Fsp3) is 0.724. The molecule has 9 atom stereocenters. The molecule has 0 amide bonds. The van der Waals surface area contributed by atoms with Crippen LogP contribution < -0.4 is 0 Å². The van der Waals surface area contributed by atoms with Gasteiger partial charge in [0.2, 0.25) is 0 Å². The maximum Gasteiger partial charge on any atom is 0.303 e. The summed E-state index contributed by atoms with van der Waals surface area (Å²) < 4.78 is 49.0. The number of benzene rings is 1. The zero-order chi connectivity index (χ0) is 30.5. The predicted molar refractivity (Wildman–Crippen MR) is 156 cm³/mol. The Balaban J connectivity index is 1.93. The molecular formula is C29H46O10SSi. The van der Waals surface area contributed by atoms with Gasteiger partial charge in [0.15, 0.2) is 26.8 Å². The van der Waals surface area contributed by atoms with Crippen LogP contribution in [0.1, 0.15) is 41.5 Å². The second-order valence-electron chi connectivity index (χ2n) is 11.9. The van der Waals surface area contributed by atoms with Gasteiger partial charge in [-0.3, -0.25) is 9.59 Å². The lowest BCUT2D eigenvalue weighted by atomic mass is 9.98. The van der Waals surface area contributed by atoms with Crippen LogP contribution in [-0.2, 0) is 47.2 Å². The largest absolute Gasteiger partial charge is 0.457 e. The van der Waals surface area contributed by atoms with E-state index in [0.717, 1.165) is 4.90 Å². The number of methoxy groups -OCH3 is 2. The van der Waals surface area contributed by atoms with Gasteiger partial charge in [0.1, 0.15) is 29.9 Å². The van der Waals surface area contributed by atoms with Crippen molar-refractivity contribution in [3.63, 3.8) is 0 Å². The zero-order valence-electron chi connectivity index (χ0n) is 25.8. The molecule has 0 unspecified atom stereocenters. The van der Waals surface area contributed by atoms with Crippen molar-refractivity contribution in [3.05, 3.63) is 30.3 Å². The van der Waals surface area contributed by atoms with Crippen LogP contribution in [0.3, 0.4) is 0 Å². The third kappa shape index (κ3) is 8.53. The molecule has 2 fully saturated rings. The highest BCUT2D eigenvalue weighted by Crippen LogP contribution is 2.41. The van der Waals surface area contributed by atoms with Gasteiger partial charge in [-0.2, -0.15) is 0 Å². The van der Waals surface area contributed by atoms with Crippen molar-refractivity contribution in [1.82, 2.24) is 0 Å². The van der Waals surface area contributed by atoms with Crippen LogP contribution in [0.2, 0.25) is 18.1 Å². The molecular weight excluding hydrogens is 568 g/mol. The average Bonchev–Trinajstić information content (AvgIpc) is 2.87. The Bertz CT molecular complexity index is 1000. The van der Waals surface area contributed by atoms with E-state index in [2.05, 4.69) is 33.9 Å². The molecule has 0 N–H and O–H groups in total. The van der Waals surface area contributed by atoms with Crippen molar-refractivity contribution in [2.24, 2.45) is 0 Å². The van der Waals surface area contributed by atoms with Gasteiger partial charge in [0.25, 0.3) is 0 Å². The number of esters is 2. The van der Waals surface area contributed by atoms with Crippen LogP contribution in [-0.4, -0.2) is 95.5 Å². The van der Waals surface area contributed by atoms with Crippen LogP contribution in [0.25, 0.3) is 0 Å². The van der Waals surface area contributed by atoms with E-state index in [9.17, 15) is 9.59 Å². The lowest BCUT2D eigenvalue weighted by Gasteiger charge is -2.50. The van der Waals surface area contributed by atoms with Crippen molar-refractivity contribution in [2.45, 2.75) is 119 Å². The maximum atomic E-state index is 12.3. The van der Waals surface area contributed by atoms with Gasteiger partial charge in [0.05, 0.1) is 12.7 Å². The summed E-state index contributed by atoms with van der Waals surface area (Å²) in [7, 11) is 0.847. The topological polar surface area (TPSA) is 108 Å². The Hall–Kier alpha value is -1.51. The summed E-state index contributed by atoms with van der Waals surface area (Å²) in [5.41, 5.74) is -0.472. The molecule has 41 heavy (non-hydrogen) atoms. The number of hydrogen-bond acceptors (Lipinski definition) is 11. The Morgan fingerprint density at radius 1 is 0.902 bits per heavy atom. The van der Waals surface area contributed by atoms with E-state index in [1.807, 2.05) is 37.3 Å². The third-order valence-corrected chi connectivity index (χ3v) is 13.5. The molecule has 0 saturated carbocycles. The van der Waals surface area contributed by atoms with E-state index in [1.54, 1.807) is 14.2 Å². The number of ether oxygens (including phenoxy) is 7. The molecule has 12 heteroatoms. The molecule has 2 aliphatic rings. The first-order valence-corrected chi connectivity index (χ1v) is 17.7. The number of thioether (sulfide) groups is 1. The Morgan fingerprint density at radius 3 is 2.05 bits per heavy atom. The Morgan fingerprint density at radius 2 is 1.51 bits per heavy atom. The van der Waals surface area contributed by atoms with Crippen LogP contribution in [0.5, 0.6) is 0 Å². The Kier molecular flexibility index (Phi) is 11.9. The van der Waals surface area contributed by atoms with E-state index in [-0.39, 0.29) is 11.6 Å². The van der Waals surface area contributed by atoms with E-state index in [4.69, 9.17) is 37.6 Å². The van der Waals surface area contributed by atoms with Gasteiger partial charge >= 0.3 is 11.9 Å². The molecule has 0 bridgehead atoms. The fourth-order valence-electron chi connectivity index (χ4n) is 4.71. The zero-order valence-corrected chi connectivity index (χ0v) is 27.6. The van der Waals surface area contributed by atoms with E-state index in [0.29, 0.717) is 0 Å². The lowest BCUT2D eigenvalue weighted by Crippen LogP contribution is -2.65. The minimum Gasteiger partial charge on any atom is -0.457 e. The fourth-order valence-corrected chi connectivity index (χ4v) is 7.20. The van der Waals surface area contributed by atoms with Gasteiger partial charge in [-0.05, 0) is 37.2 Å². The predicted octanol–water partition coefficient (Wildman–Crippen LogP) is 4.55. The van der Waals surface area contributed by atoms with Crippen LogP contribution in [0, 0.1) is 0 Å². The molecule has 1 aromatic rings. The van der Waals surface area contributed by atoms with Crippen molar-refractivity contribution < 1.29 is 47.2 Å². The first-order valence-electron chi connectivity index (χ1n) is 13.9. The maximum absolute atomic E-state index is 12.3. The van der Waals surface area contributed by atoms with Crippen LogP contribution in [0.4, 0.5) is 0 Å². The number of carbonyl (C=O) groups excluding carboxylic acids is 2. The van der Waals surface area contributed by atoms with Crippen molar-refractivity contribution in [2.75, 3.05) is 20.8 Å². The molecule has 10 nitrogen and oxygen atoms in total. The second-order valence-corrected chi connectivity index (χ2v) is 17.8. The van der Waals surface area contributed by atoms with Gasteiger partial charge in [0, 0.05) is 33.0 Å². The highest BCUT2D eigenvalue weighted by atomic mass is 32.2. The quantitative estimate of drug-likeness (QED) is 0.274. The normalized spacial score (nSPS) is 32.8. The highest BCUT2D eigenvalue weighted by Gasteiger charge is 2.54. The second kappa shape index (κ2) is 14.3. The van der Waals surface area contributed by atoms with Gasteiger partial charge in [-0.25, -0.2) is 0 Å². The number of carbonyl (C=O) groups is 2. The van der Waals surface area contributed by atoms with Gasteiger partial charge in [-0.1, -0.05) is 50.7 Å². The van der Waals surface area contributed by atoms with Crippen molar-refractivity contribution >= 4 is 32.0 Å². The third-order valence-electron chi connectivity index (χ3n) is 7.80. The Labute approximate surface area is 249 Å². The van der Waals surface area contributed by atoms with Crippen LogP contribution >= 0.6 is 11.8 Å². The smallest absolute Gasteiger partial charge is 0.303 e. The molecule has 0 aromatic heterocycles. The van der Waals surface area contributed by atoms with Crippen molar-refractivity contribution in [3.8, 4) is 0 Å². The van der Waals surface area contributed by atoms with E-state index in [1.165, 1.54) is 25.6 Å².